The molecule has 4 rings (SSSR count). The number of anilines is 2. The van der Waals surface area contributed by atoms with Gasteiger partial charge in [-0.25, -0.2) is 15.0 Å². The number of aryl methyl sites for hydroxylation is 2. The highest BCUT2D eigenvalue weighted by Gasteiger charge is 2.17. The number of hydrogen-bond donors (Lipinski definition) is 2. The maximum absolute atomic E-state index is 12.5. The number of aromatic nitrogens is 5. The molecule has 0 bridgehead atoms. The molecule has 0 spiro atoms. The van der Waals surface area contributed by atoms with E-state index < -0.39 is 16.7 Å². The highest BCUT2D eigenvalue weighted by atomic mass is 32.2. The van der Waals surface area contributed by atoms with Crippen LogP contribution >= 0.6 is 0 Å². The minimum Gasteiger partial charge on any atom is -0.440 e. The molecule has 3 heterocycles. The summed E-state index contributed by atoms with van der Waals surface area (Å²) >= 11 is 0. The van der Waals surface area contributed by atoms with E-state index >= 15 is 0 Å². The van der Waals surface area contributed by atoms with Crippen LogP contribution in [-0.2, 0) is 24.4 Å². The Bertz CT molecular complexity index is 1300. The molecule has 10 nitrogen and oxygen atoms in total. The number of amides is 1. The normalized spacial score (nSPS) is 11.8. The SMILES string of the molecule is Cc1cnc(Nc2ccnn2C)nc1-c1coc(C(=O)NCc2cccc(S(C)=O)c2)n1. The highest BCUT2D eigenvalue weighted by Crippen LogP contribution is 2.22. The number of oxazole rings is 1. The summed E-state index contributed by atoms with van der Waals surface area (Å²) in [6.45, 7) is 2.11. The maximum atomic E-state index is 12.5. The highest BCUT2D eigenvalue weighted by molar-refractivity contribution is 7.84. The van der Waals surface area contributed by atoms with Crippen molar-refractivity contribution in [2.75, 3.05) is 11.6 Å². The van der Waals surface area contributed by atoms with Gasteiger partial charge in [-0.3, -0.25) is 13.7 Å². The number of carbonyl (C=O) groups is 1. The summed E-state index contributed by atoms with van der Waals surface area (Å²) in [5, 5.41) is 9.95. The Kier molecular flexibility index (Phi) is 6.08. The lowest BCUT2D eigenvalue weighted by atomic mass is 10.2. The van der Waals surface area contributed by atoms with Crippen molar-refractivity contribution >= 4 is 28.5 Å². The minimum atomic E-state index is -1.09. The largest absolute Gasteiger partial charge is 0.440 e. The molecule has 0 aliphatic heterocycles. The van der Waals surface area contributed by atoms with Crippen LogP contribution in [0.15, 0.2) is 58.3 Å². The fourth-order valence-corrected chi connectivity index (χ4v) is 3.54. The first kappa shape index (κ1) is 21.4. The summed E-state index contributed by atoms with van der Waals surface area (Å²) in [6.07, 6.45) is 6.33. The van der Waals surface area contributed by atoms with Gasteiger partial charge in [0.1, 0.15) is 23.5 Å². The molecule has 4 aromatic rings. The number of carbonyl (C=O) groups excluding carboxylic acids is 1. The second-order valence-electron chi connectivity index (χ2n) is 7.01. The van der Waals surface area contributed by atoms with Crippen molar-refractivity contribution < 1.29 is 13.4 Å². The van der Waals surface area contributed by atoms with Crippen molar-refractivity contribution in [3.05, 3.63) is 66.0 Å². The van der Waals surface area contributed by atoms with Crippen molar-refractivity contribution in [3.8, 4) is 11.4 Å². The van der Waals surface area contributed by atoms with Crippen LogP contribution in [0.4, 0.5) is 11.8 Å². The number of benzene rings is 1. The summed E-state index contributed by atoms with van der Waals surface area (Å²) in [5.41, 5.74) is 2.58. The molecule has 0 aliphatic rings. The second kappa shape index (κ2) is 9.10. The third-order valence-corrected chi connectivity index (χ3v) is 5.57. The van der Waals surface area contributed by atoms with Gasteiger partial charge in [0.15, 0.2) is 0 Å². The van der Waals surface area contributed by atoms with Crippen molar-refractivity contribution in [2.45, 2.75) is 18.4 Å². The molecule has 1 amide bonds. The molecule has 1 aromatic carbocycles. The Morgan fingerprint density at radius 1 is 1.25 bits per heavy atom. The molecule has 164 valence electrons. The predicted octanol–water partition coefficient (Wildman–Crippen LogP) is 2.58. The van der Waals surface area contributed by atoms with Crippen LogP contribution in [0.3, 0.4) is 0 Å². The zero-order valence-electron chi connectivity index (χ0n) is 17.7. The summed E-state index contributed by atoms with van der Waals surface area (Å²) in [5.74, 6) is 0.570. The monoisotopic (exact) mass is 451 g/mol. The van der Waals surface area contributed by atoms with Crippen LogP contribution in [0.1, 0.15) is 21.8 Å². The first-order valence-electron chi connectivity index (χ1n) is 9.66. The molecule has 0 aliphatic carbocycles. The van der Waals surface area contributed by atoms with E-state index in [2.05, 4.69) is 30.7 Å². The molecule has 11 heteroatoms. The summed E-state index contributed by atoms with van der Waals surface area (Å²) in [4.78, 5) is 26.3. The summed E-state index contributed by atoms with van der Waals surface area (Å²) in [7, 11) is 0.714. The molecule has 1 atom stereocenters. The Balaban J connectivity index is 1.48. The molecule has 0 saturated carbocycles. The topological polar surface area (TPSA) is 128 Å². The Labute approximate surface area is 186 Å². The van der Waals surface area contributed by atoms with Gasteiger partial charge in [-0.15, -0.1) is 0 Å². The van der Waals surface area contributed by atoms with Crippen LogP contribution in [0.2, 0.25) is 0 Å². The predicted molar refractivity (Wildman–Crippen MR) is 119 cm³/mol. The van der Waals surface area contributed by atoms with E-state index in [4.69, 9.17) is 4.42 Å². The van der Waals surface area contributed by atoms with Crippen molar-refractivity contribution in [1.29, 1.82) is 0 Å². The molecular formula is C21H21N7O3S. The summed E-state index contributed by atoms with van der Waals surface area (Å²) in [6, 6.07) is 9.02. The van der Waals surface area contributed by atoms with Crippen LogP contribution < -0.4 is 10.6 Å². The van der Waals surface area contributed by atoms with Gasteiger partial charge in [-0.1, -0.05) is 12.1 Å². The Morgan fingerprint density at radius 2 is 2.09 bits per heavy atom. The van der Waals surface area contributed by atoms with E-state index in [0.29, 0.717) is 22.2 Å². The van der Waals surface area contributed by atoms with Gasteiger partial charge in [0.2, 0.25) is 5.95 Å². The zero-order valence-corrected chi connectivity index (χ0v) is 18.5. The van der Waals surface area contributed by atoms with E-state index in [1.165, 1.54) is 6.26 Å². The fraction of sp³-hybridized carbons (Fsp3) is 0.190. The summed E-state index contributed by atoms with van der Waals surface area (Å²) < 4.78 is 18.7. The fourth-order valence-electron chi connectivity index (χ4n) is 2.95. The van der Waals surface area contributed by atoms with Gasteiger partial charge in [0, 0.05) is 47.8 Å². The van der Waals surface area contributed by atoms with Gasteiger partial charge < -0.3 is 15.1 Å². The van der Waals surface area contributed by atoms with E-state index in [-0.39, 0.29) is 12.4 Å². The first-order valence-corrected chi connectivity index (χ1v) is 11.2. The van der Waals surface area contributed by atoms with Crippen LogP contribution in [0, 0.1) is 6.92 Å². The van der Waals surface area contributed by atoms with Gasteiger partial charge >= 0.3 is 5.91 Å². The Morgan fingerprint density at radius 3 is 2.84 bits per heavy atom. The molecule has 1 unspecified atom stereocenters. The lowest BCUT2D eigenvalue weighted by molar-refractivity contribution is 0.0916. The molecule has 0 fully saturated rings. The van der Waals surface area contributed by atoms with Gasteiger partial charge in [0.25, 0.3) is 5.89 Å². The van der Waals surface area contributed by atoms with Crippen molar-refractivity contribution in [1.82, 2.24) is 30.0 Å². The first-order chi connectivity index (χ1) is 15.4. The molecule has 0 radical (unpaired) electrons. The van der Waals surface area contributed by atoms with Gasteiger partial charge in [-0.05, 0) is 30.2 Å². The molecule has 3 aromatic heterocycles. The average molecular weight is 452 g/mol. The number of nitrogens with one attached hydrogen (secondary N) is 2. The number of hydrogen-bond acceptors (Lipinski definition) is 8. The van der Waals surface area contributed by atoms with Crippen LogP contribution in [0.25, 0.3) is 11.4 Å². The van der Waals surface area contributed by atoms with Crippen molar-refractivity contribution in [2.24, 2.45) is 7.05 Å². The standard InChI is InChI=1S/C21H21N7O3S/c1-13-10-23-21(26-17-7-8-24-28(17)2)27-18(13)16-12-31-20(25-16)19(29)22-11-14-5-4-6-15(9-14)32(3)30/h4-10,12H,11H2,1-3H3,(H,22,29)(H,23,26,27). The maximum Gasteiger partial charge on any atom is 0.307 e. The molecular weight excluding hydrogens is 430 g/mol. The molecule has 0 saturated heterocycles. The minimum absolute atomic E-state index is 0.0746. The van der Waals surface area contributed by atoms with Gasteiger partial charge in [-0.2, -0.15) is 5.10 Å². The van der Waals surface area contributed by atoms with E-state index in [1.807, 2.05) is 13.0 Å². The third kappa shape index (κ3) is 4.72. The van der Waals surface area contributed by atoms with Gasteiger partial charge in [0.05, 0.1) is 6.20 Å². The van der Waals surface area contributed by atoms with Crippen molar-refractivity contribution in [3.63, 3.8) is 0 Å². The third-order valence-electron chi connectivity index (χ3n) is 4.66. The van der Waals surface area contributed by atoms with Crippen LogP contribution in [0.5, 0.6) is 0 Å². The molecule has 32 heavy (non-hydrogen) atoms. The van der Waals surface area contributed by atoms with E-state index in [0.717, 1.165) is 16.9 Å². The van der Waals surface area contributed by atoms with Crippen LogP contribution in [-0.4, -0.2) is 41.1 Å². The lowest BCUT2D eigenvalue weighted by Gasteiger charge is -2.07. The number of nitrogens with zero attached hydrogens (tertiary/aromatic N) is 5. The quantitative estimate of drug-likeness (QED) is 0.439. The van der Waals surface area contributed by atoms with E-state index in [9.17, 15) is 9.00 Å². The Hall–Kier alpha value is -3.86. The lowest BCUT2D eigenvalue weighted by Crippen LogP contribution is -2.23. The average Bonchev–Trinajstić information content (AvgIpc) is 3.43. The van der Waals surface area contributed by atoms with E-state index in [1.54, 1.807) is 54.6 Å². The smallest absolute Gasteiger partial charge is 0.307 e. The second-order valence-corrected chi connectivity index (χ2v) is 8.39. The zero-order chi connectivity index (χ0) is 22.7. The number of rotatable bonds is 7. The molecule has 2 N–H and O–H groups in total.